The largest absolute Gasteiger partial charge is 0.468 e. The monoisotopic (exact) mass is 481 g/mol. The Morgan fingerprint density at radius 1 is 1.10 bits per heavy atom. The van der Waals surface area contributed by atoms with Gasteiger partial charge in [-0.1, -0.05) is 58.4 Å². The maximum absolute atomic E-state index is 12.4. The van der Waals surface area contributed by atoms with E-state index in [-0.39, 0.29) is 18.3 Å². The third kappa shape index (κ3) is 4.30. The molecule has 8 heteroatoms. The number of halogens is 1. The van der Waals surface area contributed by atoms with Crippen molar-refractivity contribution in [3.63, 3.8) is 0 Å². The molecular formula is C23H20BrN3O4. The van der Waals surface area contributed by atoms with Crippen molar-refractivity contribution in [2.24, 2.45) is 0 Å². The third-order valence-corrected chi connectivity index (χ3v) is 5.81. The van der Waals surface area contributed by atoms with Gasteiger partial charge in [0.25, 0.3) is 5.69 Å². The fourth-order valence-electron chi connectivity index (χ4n) is 3.93. The number of nitro benzene ring substituents is 1. The predicted octanol–water partition coefficient (Wildman–Crippen LogP) is 5.05. The van der Waals surface area contributed by atoms with Gasteiger partial charge in [0.2, 0.25) is 0 Å². The molecule has 0 bridgehead atoms. The second-order valence-corrected chi connectivity index (χ2v) is 8.11. The van der Waals surface area contributed by atoms with E-state index in [1.807, 2.05) is 59.5 Å². The van der Waals surface area contributed by atoms with Gasteiger partial charge in [0.05, 0.1) is 24.6 Å². The maximum Gasteiger partial charge on any atom is 0.319 e. The van der Waals surface area contributed by atoms with Crippen LogP contribution in [0.5, 0.6) is 0 Å². The third-order valence-electron chi connectivity index (χ3n) is 5.32. The van der Waals surface area contributed by atoms with Crippen LogP contribution in [0.4, 0.5) is 11.4 Å². The first-order valence-electron chi connectivity index (χ1n) is 9.66. The van der Waals surface area contributed by atoms with E-state index in [1.165, 1.54) is 19.2 Å². The van der Waals surface area contributed by atoms with E-state index >= 15 is 0 Å². The molecule has 158 valence electrons. The average Bonchev–Trinajstić information content (AvgIpc) is 2.79. The lowest BCUT2D eigenvalue weighted by molar-refractivity contribution is -0.384. The molecule has 1 aliphatic rings. The Morgan fingerprint density at radius 2 is 1.84 bits per heavy atom. The highest BCUT2D eigenvalue weighted by molar-refractivity contribution is 9.10. The van der Waals surface area contributed by atoms with Crippen molar-refractivity contribution < 1.29 is 14.5 Å². The van der Waals surface area contributed by atoms with E-state index in [2.05, 4.69) is 21.2 Å². The molecule has 1 aliphatic heterocycles. The highest BCUT2D eigenvalue weighted by atomic mass is 79.9. The van der Waals surface area contributed by atoms with Gasteiger partial charge < -0.3 is 10.1 Å². The standard InChI is InChI=1S/C23H20BrN3O4/c1-31-21(28)14-26-22(15-6-3-2-4-7-15)19-13-17(24)10-11-20(19)25-23(26)16-8-5-9-18(12-16)27(29)30/h2-13,22-23,25H,14H2,1H3. The quantitative estimate of drug-likeness (QED) is 0.312. The number of anilines is 1. The van der Waals surface area contributed by atoms with E-state index in [0.717, 1.165) is 21.3 Å². The molecule has 0 radical (unpaired) electrons. The van der Waals surface area contributed by atoms with E-state index < -0.39 is 17.1 Å². The number of nitrogens with zero attached hydrogens (tertiary/aromatic N) is 2. The summed E-state index contributed by atoms with van der Waals surface area (Å²) in [7, 11) is 1.35. The molecule has 1 N–H and O–H groups in total. The summed E-state index contributed by atoms with van der Waals surface area (Å²) in [5, 5.41) is 14.8. The first-order valence-corrected chi connectivity index (χ1v) is 10.4. The van der Waals surface area contributed by atoms with Crippen molar-refractivity contribution in [1.82, 2.24) is 4.90 Å². The topological polar surface area (TPSA) is 84.7 Å². The number of rotatable bonds is 5. The van der Waals surface area contributed by atoms with Crippen molar-refractivity contribution in [2.75, 3.05) is 19.0 Å². The lowest BCUT2D eigenvalue weighted by Gasteiger charge is -2.44. The SMILES string of the molecule is COC(=O)CN1C(c2cccc([N+](=O)[O-])c2)Nc2ccc(Br)cc2C1c1ccccc1. The Balaban J connectivity index is 1.90. The Morgan fingerprint density at radius 3 is 2.55 bits per heavy atom. The number of esters is 1. The van der Waals surface area contributed by atoms with Crippen molar-refractivity contribution in [3.05, 3.63) is 104 Å². The first-order chi connectivity index (χ1) is 15.0. The minimum Gasteiger partial charge on any atom is -0.468 e. The summed E-state index contributed by atoms with van der Waals surface area (Å²) in [6, 6.07) is 22.0. The second kappa shape index (κ2) is 8.87. The van der Waals surface area contributed by atoms with E-state index in [0.29, 0.717) is 5.56 Å². The van der Waals surface area contributed by atoms with Gasteiger partial charge in [-0.15, -0.1) is 0 Å². The zero-order valence-corrected chi connectivity index (χ0v) is 18.3. The van der Waals surface area contributed by atoms with Crippen LogP contribution in [0.2, 0.25) is 0 Å². The molecule has 3 aromatic rings. The van der Waals surface area contributed by atoms with Gasteiger partial charge in [0.15, 0.2) is 0 Å². The zero-order valence-electron chi connectivity index (χ0n) is 16.7. The molecule has 0 aliphatic carbocycles. The molecule has 0 saturated carbocycles. The predicted molar refractivity (Wildman–Crippen MR) is 121 cm³/mol. The van der Waals surface area contributed by atoms with Gasteiger partial charge in [-0.3, -0.25) is 19.8 Å². The molecule has 2 unspecified atom stereocenters. The van der Waals surface area contributed by atoms with Crippen LogP contribution in [0, 0.1) is 10.1 Å². The number of carbonyl (C=O) groups excluding carboxylic acids is 1. The van der Waals surface area contributed by atoms with E-state index in [4.69, 9.17) is 4.74 Å². The van der Waals surface area contributed by atoms with Crippen molar-refractivity contribution in [1.29, 1.82) is 0 Å². The fraction of sp³-hybridized carbons (Fsp3) is 0.174. The number of fused-ring (bicyclic) bond motifs is 1. The number of hydrogen-bond donors (Lipinski definition) is 1. The molecule has 0 aromatic heterocycles. The van der Waals surface area contributed by atoms with Gasteiger partial charge in [-0.2, -0.15) is 0 Å². The first kappa shape index (κ1) is 21.0. The average molecular weight is 482 g/mol. The van der Waals surface area contributed by atoms with Crippen molar-refractivity contribution >= 4 is 33.3 Å². The summed E-state index contributed by atoms with van der Waals surface area (Å²) in [5.74, 6) is -0.392. The highest BCUT2D eigenvalue weighted by Gasteiger charge is 2.37. The minimum absolute atomic E-state index is 0.00235. The molecule has 4 rings (SSSR count). The van der Waals surface area contributed by atoms with Crippen LogP contribution >= 0.6 is 15.9 Å². The Kier molecular flexibility index (Phi) is 6.01. The second-order valence-electron chi connectivity index (χ2n) is 7.19. The van der Waals surface area contributed by atoms with Gasteiger partial charge >= 0.3 is 5.97 Å². The van der Waals surface area contributed by atoms with Crippen LogP contribution in [0.15, 0.2) is 77.3 Å². The fourth-order valence-corrected chi connectivity index (χ4v) is 4.31. The molecule has 3 aromatic carbocycles. The van der Waals surface area contributed by atoms with Gasteiger partial charge in [0.1, 0.15) is 6.17 Å². The molecule has 0 spiro atoms. The van der Waals surface area contributed by atoms with Crippen LogP contribution in [-0.4, -0.2) is 29.4 Å². The summed E-state index contributed by atoms with van der Waals surface area (Å²) in [6.45, 7) is 0.00235. The van der Waals surface area contributed by atoms with E-state index in [9.17, 15) is 14.9 Å². The lowest BCUT2D eigenvalue weighted by atomic mass is 9.91. The summed E-state index contributed by atoms with van der Waals surface area (Å²) < 4.78 is 5.89. The number of ether oxygens (including phenoxy) is 1. The van der Waals surface area contributed by atoms with Crippen molar-refractivity contribution in [2.45, 2.75) is 12.2 Å². The number of nitro groups is 1. The minimum atomic E-state index is -0.474. The molecular weight excluding hydrogens is 462 g/mol. The van der Waals surface area contributed by atoms with Crippen LogP contribution in [0.25, 0.3) is 0 Å². The number of non-ortho nitro benzene ring substituents is 1. The molecule has 1 heterocycles. The maximum atomic E-state index is 12.4. The number of carbonyl (C=O) groups is 1. The molecule has 7 nitrogen and oxygen atoms in total. The normalized spacial score (nSPS) is 18.0. The smallest absolute Gasteiger partial charge is 0.319 e. The Hall–Kier alpha value is -3.23. The van der Waals surface area contributed by atoms with Crippen molar-refractivity contribution in [3.8, 4) is 0 Å². The lowest BCUT2D eigenvalue weighted by Crippen LogP contribution is -2.44. The summed E-state index contributed by atoms with van der Waals surface area (Å²) >= 11 is 3.55. The van der Waals surface area contributed by atoms with Gasteiger partial charge in [0, 0.05) is 22.3 Å². The van der Waals surface area contributed by atoms with Gasteiger partial charge in [-0.05, 0) is 34.9 Å². The number of hydrogen-bond acceptors (Lipinski definition) is 6. The highest BCUT2D eigenvalue weighted by Crippen LogP contribution is 2.45. The Labute approximate surface area is 187 Å². The summed E-state index contributed by atoms with van der Waals surface area (Å²) in [4.78, 5) is 25.3. The molecule has 2 atom stereocenters. The van der Waals surface area contributed by atoms with E-state index in [1.54, 1.807) is 6.07 Å². The molecule has 0 amide bonds. The van der Waals surface area contributed by atoms with Crippen LogP contribution < -0.4 is 5.32 Å². The van der Waals surface area contributed by atoms with Gasteiger partial charge in [-0.25, -0.2) is 0 Å². The van der Waals surface area contributed by atoms with Crippen LogP contribution in [0.3, 0.4) is 0 Å². The molecule has 31 heavy (non-hydrogen) atoms. The summed E-state index contributed by atoms with van der Waals surface area (Å²) in [5.41, 5.74) is 3.58. The number of methoxy groups -OCH3 is 1. The van der Waals surface area contributed by atoms with Crippen LogP contribution in [0.1, 0.15) is 28.9 Å². The molecule has 0 saturated heterocycles. The number of nitrogens with one attached hydrogen (secondary N) is 1. The number of benzene rings is 3. The van der Waals surface area contributed by atoms with Crippen LogP contribution in [-0.2, 0) is 9.53 Å². The summed E-state index contributed by atoms with van der Waals surface area (Å²) in [6.07, 6.45) is -0.474. The zero-order chi connectivity index (χ0) is 22.0. The Bertz CT molecular complexity index is 1120. The molecule has 0 fully saturated rings.